The van der Waals surface area contributed by atoms with E-state index in [0.29, 0.717) is 11.8 Å². The molecule has 0 spiro atoms. The van der Waals surface area contributed by atoms with Crippen LogP contribution in [0.25, 0.3) is 0 Å². The SMILES string of the molecule is C=C(C)C1CC=C(CN(CC(C)C)C(=O)c2ccc(C)cc2)CC1. The van der Waals surface area contributed by atoms with E-state index in [4.69, 9.17) is 0 Å². The summed E-state index contributed by atoms with van der Waals surface area (Å²) in [6.07, 6.45) is 5.64. The minimum atomic E-state index is 0.145. The van der Waals surface area contributed by atoms with Gasteiger partial charge in [-0.1, -0.05) is 55.3 Å². The molecular weight excluding hydrogens is 294 g/mol. The molecule has 1 unspecified atom stereocenters. The van der Waals surface area contributed by atoms with Crippen LogP contribution in [0.4, 0.5) is 0 Å². The normalized spacial score (nSPS) is 17.5. The predicted molar refractivity (Wildman–Crippen MR) is 102 cm³/mol. The summed E-state index contributed by atoms with van der Waals surface area (Å²) in [5.74, 6) is 1.22. The van der Waals surface area contributed by atoms with E-state index in [0.717, 1.165) is 37.9 Å². The Kier molecular flexibility index (Phi) is 6.42. The topological polar surface area (TPSA) is 20.3 Å². The maximum absolute atomic E-state index is 12.9. The third kappa shape index (κ3) is 5.09. The molecular formula is C22H31NO. The third-order valence-corrected chi connectivity index (χ3v) is 4.77. The van der Waals surface area contributed by atoms with Crippen LogP contribution in [0.5, 0.6) is 0 Å². The summed E-state index contributed by atoms with van der Waals surface area (Å²) >= 11 is 0. The standard InChI is InChI=1S/C22H31NO/c1-16(2)14-23(22(24)21-10-6-18(5)7-11-21)15-19-8-12-20(13-9-19)17(3)4/h6-8,10-11,16,20H,3,9,12-15H2,1-2,4-5H3. The van der Waals surface area contributed by atoms with E-state index in [1.54, 1.807) is 0 Å². The van der Waals surface area contributed by atoms with Crippen molar-refractivity contribution in [1.82, 2.24) is 4.90 Å². The predicted octanol–water partition coefficient (Wildman–Crippen LogP) is 5.40. The molecule has 0 N–H and O–H groups in total. The Balaban J connectivity index is 2.09. The second kappa shape index (κ2) is 8.32. The second-order valence-corrected chi connectivity index (χ2v) is 7.63. The first-order valence-corrected chi connectivity index (χ1v) is 9.06. The van der Waals surface area contributed by atoms with Crippen molar-refractivity contribution in [3.8, 4) is 0 Å². The van der Waals surface area contributed by atoms with E-state index < -0.39 is 0 Å². The van der Waals surface area contributed by atoms with E-state index in [-0.39, 0.29) is 5.91 Å². The highest BCUT2D eigenvalue weighted by Crippen LogP contribution is 2.28. The fourth-order valence-corrected chi connectivity index (χ4v) is 3.26. The molecule has 1 aliphatic carbocycles. The van der Waals surface area contributed by atoms with Gasteiger partial charge in [0.2, 0.25) is 0 Å². The number of hydrogen-bond donors (Lipinski definition) is 0. The maximum atomic E-state index is 12.9. The average Bonchev–Trinajstić information content (AvgIpc) is 2.54. The molecule has 2 nitrogen and oxygen atoms in total. The van der Waals surface area contributed by atoms with Crippen LogP contribution in [0.15, 0.2) is 48.1 Å². The van der Waals surface area contributed by atoms with Gasteiger partial charge in [-0.25, -0.2) is 0 Å². The Morgan fingerprint density at radius 1 is 1.29 bits per heavy atom. The molecule has 1 amide bonds. The molecule has 130 valence electrons. The van der Waals surface area contributed by atoms with Crippen LogP contribution in [-0.2, 0) is 0 Å². The zero-order valence-corrected chi connectivity index (χ0v) is 15.6. The summed E-state index contributed by atoms with van der Waals surface area (Å²) in [5.41, 5.74) is 4.65. The van der Waals surface area contributed by atoms with Crippen LogP contribution in [-0.4, -0.2) is 23.9 Å². The molecule has 0 saturated carbocycles. The van der Waals surface area contributed by atoms with Crippen molar-refractivity contribution in [2.24, 2.45) is 11.8 Å². The molecule has 0 aromatic heterocycles. The Morgan fingerprint density at radius 2 is 1.96 bits per heavy atom. The van der Waals surface area contributed by atoms with Crippen LogP contribution in [0, 0.1) is 18.8 Å². The largest absolute Gasteiger partial charge is 0.334 e. The van der Waals surface area contributed by atoms with E-state index in [9.17, 15) is 4.79 Å². The molecule has 2 heteroatoms. The van der Waals surface area contributed by atoms with Crippen LogP contribution in [0.1, 0.15) is 56.0 Å². The summed E-state index contributed by atoms with van der Waals surface area (Å²) in [4.78, 5) is 14.9. The fraction of sp³-hybridized carbons (Fsp3) is 0.500. The van der Waals surface area contributed by atoms with Gasteiger partial charge in [-0.15, -0.1) is 0 Å². The fourth-order valence-electron chi connectivity index (χ4n) is 3.26. The molecule has 1 aromatic rings. The zero-order chi connectivity index (χ0) is 17.7. The molecule has 1 aliphatic rings. The van der Waals surface area contributed by atoms with Gasteiger partial charge in [-0.3, -0.25) is 4.79 Å². The summed E-state index contributed by atoms with van der Waals surface area (Å²) in [6, 6.07) is 7.91. The van der Waals surface area contributed by atoms with Crippen molar-refractivity contribution in [2.45, 2.75) is 47.0 Å². The third-order valence-electron chi connectivity index (χ3n) is 4.77. The molecule has 0 saturated heterocycles. The van der Waals surface area contributed by atoms with Crippen LogP contribution >= 0.6 is 0 Å². The number of nitrogens with zero attached hydrogens (tertiary/aromatic N) is 1. The molecule has 1 aromatic carbocycles. The first-order chi connectivity index (χ1) is 11.4. The lowest BCUT2D eigenvalue weighted by atomic mass is 9.85. The van der Waals surface area contributed by atoms with E-state index in [1.807, 2.05) is 36.1 Å². The van der Waals surface area contributed by atoms with Gasteiger partial charge in [0.05, 0.1) is 0 Å². The van der Waals surface area contributed by atoms with Crippen molar-refractivity contribution in [3.05, 3.63) is 59.2 Å². The molecule has 24 heavy (non-hydrogen) atoms. The second-order valence-electron chi connectivity index (χ2n) is 7.63. The lowest BCUT2D eigenvalue weighted by Gasteiger charge is -2.29. The monoisotopic (exact) mass is 325 g/mol. The number of benzene rings is 1. The molecule has 0 fully saturated rings. The Hall–Kier alpha value is -1.83. The lowest BCUT2D eigenvalue weighted by Crippen LogP contribution is -2.36. The van der Waals surface area contributed by atoms with Crippen LogP contribution in [0.3, 0.4) is 0 Å². The number of hydrogen-bond acceptors (Lipinski definition) is 1. The maximum Gasteiger partial charge on any atom is 0.254 e. The van der Waals surface area contributed by atoms with Gasteiger partial charge < -0.3 is 4.90 Å². The molecule has 0 aliphatic heterocycles. The number of aryl methyl sites for hydroxylation is 1. The average molecular weight is 325 g/mol. The number of amides is 1. The minimum Gasteiger partial charge on any atom is -0.334 e. The zero-order valence-electron chi connectivity index (χ0n) is 15.6. The van der Waals surface area contributed by atoms with Gasteiger partial charge in [0, 0.05) is 18.7 Å². The Bertz CT molecular complexity index is 609. The molecule has 0 radical (unpaired) electrons. The van der Waals surface area contributed by atoms with Gasteiger partial charge >= 0.3 is 0 Å². The van der Waals surface area contributed by atoms with Gasteiger partial charge in [0.15, 0.2) is 0 Å². The van der Waals surface area contributed by atoms with E-state index in [1.165, 1.54) is 16.7 Å². The van der Waals surface area contributed by atoms with Crippen LogP contribution in [0.2, 0.25) is 0 Å². The lowest BCUT2D eigenvalue weighted by molar-refractivity contribution is 0.0749. The van der Waals surface area contributed by atoms with Gasteiger partial charge in [0.25, 0.3) is 5.91 Å². The van der Waals surface area contributed by atoms with Crippen molar-refractivity contribution in [1.29, 1.82) is 0 Å². The van der Waals surface area contributed by atoms with Crippen molar-refractivity contribution in [2.75, 3.05) is 13.1 Å². The van der Waals surface area contributed by atoms with Crippen molar-refractivity contribution >= 4 is 5.91 Å². The summed E-state index contributed by atoms with van der Waals surface area (Å²) in [7, 11) is 0. The summed E-state index contributed by atoms with van der Waals surface area (Å²) in [5, 5.41) is 0. The number of carbonyl (C=O) groups is 1. The Morgan fingerprint density at radius 3 is 2.46 bits per heavy atom. The van der Waals surface area contributed by atoms with Crippen molar-refractivity contribution < 1.29 is 4.79 Å². The Labute approximate surface area is 147 Å². The van der Waals surface area contributed by atoms with E-state index in [2.05, 4.69) is 33.4 Å². The summed E-state index contributed by atoms with van der Waals surface area (Å²) in [6.45, 7) is 14.1. The van der Waals surface area contributed by atoms with Gasteiger partial charge in [0.1, 0.15) is 0 Å². The quantitative estimate of drug-likeness (QED) is 0.642. The minimum absolute atomic E-state index is 0.145. The summed E-state index contributed by atoms with van der Waals surface area (Å²) < 4.78 is 0. The van der Waals surface area contributed by atoms with E-state index >= 15 is 0 Å². The molecule has 0 bridgehead atoms. The van der Waals surface area contributed by atoms with Gasteiger partial charge in [-0.2, -0.15) is 0 Å². The molecule has 0 heterocycles. The van der Waals surface area contributed by atoms with Crippen LogP contribution < -0.4 is 0 Å². The number of rotatable bonds is 6. The highest BCUT2D eigenvalue weighted by atomic mass is 16.2. The smallest absolute Gasteiger partial charge is 0.254 e. The first kappa shape index (κ1) is 18.5. The highest BCUT2D eigenvalue weighted by Gasteiger charge is 2.21. The number of carbonyl (C=O) groups excluding carboxylic acids is 1. The van der Waals surface area contributed by atoms with Crippen molar-refractivity contribution in [3.63, 3.8) is 0 Å². The molecule has 2 rings (SSSR count). The number of allylic oxidation sites excluding steroid dienone is 2. The van der Waals surface area contributed by atoms with Gasteiger partial charge in [-0.05, 0) is 57.1 Å². The molecule has 1 atom stereocenters. The first-order valence-electron chi connectivity index (χ1n) is 9.06. The highest BCUT2D eigenvalue weighted by molar-refractivity contribution is 5.94.